The lowest BCUT2D eigenvalue weighted by molar-refractivity contribution is -0.144. The molecule has 0 aliphatic carbocycles. The molecule has 0 saturated heterocycles. The molecule has 2 atom stereocenters. The lowest BCUT2D eigenvalue weighted by Crippen LogP contribution is -2.46. The third kappa shape index (κ3) is 9.96. The summed E-state index contributed by atoms with van der Waals surface area (Å²) in [5.41, 5.74) is 0.425. The van der Waals surface area contributed by atoms with Gasteiger partial charge in [-0.3, -0.25) is 14.4 Å². The number of hydrogen-bond acceptors (Lipinski definition) is 7. The molecule has 49 heavy (non-hydrogen) atoms. The maximum absolute atomic E-state index is 14.3. The van der Waals surface area contributed by atoms with E-state index in [4.69, 9.17) is 21.1 Å². The molecule has 1 aliphatic rings. The highest BCUT2D eigenvalue weighted by molar-refractivity contribution is 6.30. The minimum absolute atomic E-state index is 0.0155. The smallest absolute Gasteiger partial charge is 0.416 e. The Kier molecular flexibility index (Phi) is 11.9. The SMILES string of the molecule is COC(=O)NCc1cccc(C2OC(CC(=O)NCc3ccccc3C(F)(F)F)C(=O)N(CC(C)(C)COC(C)=O)c3ccc(Cl)cc32)c1. The number of anilines is 1. The van der Waals surface area contributed by atoms with E-state index in [0.717, 1.165) is 6.07 Å². The van der Waals surface area contributed by atoms with Gasteiger partial charge < -0.3 is 29.7 Å². The summed E-state index contributed by atoms with van der Waals surface area (Å²) in [6.07, 6.45) is -8.11. The predicted molar refractivity (Wildman–Crippen MR) is 175 cm³/mol. The van der Waals surface area contributed by atoms with Crippen molar-refractivity contribution >= 4 is 41.2 Å². The third-order valence-corrected chi connectivity index (χ3v) is 7.94. The highest BCUT2D eigenvalue weighted by Crippen LogP contribution is 2.41. The van der Waals surface area contributed by atoms with Crippen molar-refractivity contribution in [1.82, 2.24) is 10.6 Å². The number of ether oxygens (including phenoxy) is 3. The summed E-state index contributed by atoms with van der Waals surface area (Å²) < 4.78 is 57.1. The van der Waals surface area contributed by atoms with E-state index in [0.29, 0.717) is 27.4 Å². The predicted octanol–water partition coefficient (Wildman–Crippen LogP) is 6.33. The lowest BCUT2D eigenvalue weighted by Gasteiger charge is -2.33. The number of esters is 1. The Morgan fingerprint density at radius 2 is 1.71 bits per heavy atom. The fourth-order valence-corrected chi connectivity index (χ4v) is 5.58. The van der Waals surface area contributed by atoms with Crippen molar-refractivity contribution in [3.05, 3.63) is 99.6 Å². The van der Waals surface area contributed by atoms with E-state index in [1.54, 1.807) is 56.3 Å². The van der Waals surface area contributed by atoms with Crippen LogP contribution in [0.3, 0.4) is 0 Å². The van der Waals surface area contributed by atoms with Crippen molar-refractivity contribution in [2.24, 2.45) is 5.41 Å². The van der Waals surface area contributed by atoms with Gasteiger partial charge in [0.2, 0.25) is 5.91 Å². The van der Waals surface area contributed by atoms with Crippen LogP contribution in [0, 0.1) is 5.41 Å². The maximum Gasteiger partial charge on any atom is 0.416 e. The van der Waals surface area contributed by atoms with Crippen molar-refractivity contribution in [2.75, 3.05) is 25.2 Å². The molecule has 3 amide bonds. The zero-order valence-corrected chi connectivity index (χ0v) is 28.1. The fraction of sp³-hybridized carbons (Fsp3) is 0.371. The van der Waals surface area contributed by atoms with Crippen LogP contribution < -0.4 is 15.5 Å². The zero-order valence-electron chi connectivity index (χ0n) is 27.4. The summed E-state index contributed by atoms with van der Waals surface area (Å²) in [6.45, 7) is 4.61. The highest BCUT2D eigenvalue weighted by atomic mass is 35.5. The van der Waals surface area contributed by atoms with Gasteiger partial charge in [0.25, 0.3) is 5.91 Å². The van der Waals surface area contributed by atoms with Crippen LogP contribution in [0.4, 0.5) is 23.7 Å². The number of rotatable bonds is 11. The average molecular weight is 704 g/mol. The molecular formula is C35H37ClF3N3O7. The van der Waals surface area contributed by atoms with Crippen LogP contribution in [0.1, 0.15) is 61.1 Å². The number of carbonyl (C=O) groups excluding carboxylic acids is 4. The number of alkyl carbamates (subject to hydrolysis) is 1. The molecule has 1 heterocycles. The molecule has 3 aromatic carbocycles. The molecule has 0 spiro atoms. The van der Waals surface area contributed by atoms with Crippen LogP contribution in [0.2, 0.25) is 5.02 Å². The van der Waals surface area contributed by atoms with Crippen molar-refractivity contribution < 1.29 is 46.6 Å². The van der Waals surface area contributed by atoms with E-state index in [9.17, 15) is 32.3 Å². The monoisotopic (exact) mass is 703 g/mol. The largest absolute Gasteiger partial charge is 0.465 e. The number of carbonyl (C=O) groups is 4. The second kappa shape index (κ2) is 15.7. The Hall–Kier alpha value is -4.62. The van der Waals surface area contributed by atoms with Crippen molar-refractivity contribution in [1.29, 1.82) is 0 Å². The first kappa shape index (κ1) is 37.2. The van der Waals surface area contributed by atoms with Gasteiger partial charge in [0.05, 0.1) is 25.7 Å². The molecule has 0 saturated carbocycles. The fourth-order valence-electron chi connectivity index (χ4n) is 5.39. The topological polar surface area (TPSA) is 123 Å². The van der Waals surface area contributed by atoms with Crippen molar-refractivity contribution in [3.8, 4) is 0 Å². The standard InChI is InChI=1S/C35H37ClF3N3O7/c1-21(43)48-20-34(2,3)19-42-28-13-12-25(36)15-26(28)31(23-10-7-8-22(14-23)17-41-33(46)47-4)49-29(32(42)45)16-30(44)40-18-24-9-5-6-11-27(24)35(37,38)39/h5-15,29,31H,16-20H2,1-4H3,(H,40,44)(H,41,46). The lowest BCUT2D eigenvalue weighted by atomic mass is 9.92. The number of nitrogens with zero attached hydrogens (tertiary/aromatic N) is 1. The molecule has 4 rings (SSSR count). The molecule has 0 aromatic heterocycles. The number of alkyl halides is 3. The zero-order chi connectivity index (χ0) is 35.9. The first-order chi connectivity index (χ1) is 23.1. The molecule has 262 valence electrons. The minimum atomic E-state index is -4.62. The van der Waals surface area contributed by atoms with Crippen LogP contribution in [0.5, 0.6) is 0 Å². The number of halogens is 4. The van der Waals surface area contributed by atoms with Gasteiger partial charge >= 0.3 is 18.2 Å². The van der Waals surface area contributed by atoms with Gasteiger partial charge in [-0.1, -0.05) is 67.9 Å². The first-order valence-electron chi connectivity index (χ1n) is 15.3. The summed E-state index contributed by atoms with van der Waals surface area (Å²) in [5, 5.41) is 5.46. The van der Waals surface area contributed by atoms with E-state index < -0.39 is 66.2 Å². The van der Waals surface area contributed by atoms with Gasteiger partial charge in [-0.05, 0) is 41.0 Å². The number of amides is 3. The number of methoxy groups -OCH3 is 1. The highest BCUT2D eigenvalue weighted by Gasteiger charge is 2.40. The van der Waals surface area contributed by atoms with Crippen molar-refractivity contribution in [3.63, 3.8) is 0 Å². The van der Waals surface area contributed by atoms with Gasteiger partial charge in [0, 0.05) is 48.2 Å². The molecular weight excluding hydrogens is 667 g/mol. The van der Waals surface area contributed by atoms with E-state index in [-0.39, 0.29) is 25.3 Å². The van der Waals surface area contributed by atoms with Gasteiger partial charge in [-0.15, -0.1) is 0 Å². The Morgan fingerprint density at radius 1 is 0.980 bits per heavy atom. The number of hydrogen-bond donors (Lipinski definition) is 2. The van der Waals surface area contributed by atoms with E-state index >= 15 is 0 Å². The molecule has 14 heteroatoms. The molecule has 2 N–H and O–H groups in total. The Morgan fingerprint density at radius 3 is 2.41 bits per heavy atom. The maximum atomic E-state index is 14.3. The van der Waals surface area contributed by atoms with Crippen LogP contribution in [0.15, 0.2) is 66.7 Å². The van der Waals surface area contributed by atoms with Crippen LogP contribution in [-0.2, 0) is 47.9 Å². The van der Waals surface area contributed by atoms with Crippen LogP contribution >= 0.6 is 11.6 Å². The second-order valence-corrected chi connectivity index (χ2v) is 12.7. The number of fused-ring (bicyclic) bond motifs is 1. The molecule has 2 unspecified atom stereocenters. The normalized spacial score (nSPS) is 16.3. The van der Waals surface area contributed by atoms with Gasteiger partial charge in [0.1, 0.15) is 12.2 Å². The average Bonchev–Trinajstić information content (AvgIpc) is 3.15. The molecule has 0 bridgehead atoms. The van der Waals surface area contributed by atoms with Crippen LogP contribution in [-0.4, -0.2) is 50.2 Å². The Balaban J connectivity index is 1.71. The summed E-state index contributed by atoms with van der Waals surface area (Å²) in [6, 6.07) is 16.8. The molecule has 1 aliphatic heterocycles. The number of benzene rings is 3. The van der Waals surface area contributed by atoms with Gasteiger partial charge in [-0.2, -0.15) is 13.2 Å². The molecule has 10 nitrogen and oxygen atoms in total. The second-order valence-electron chi connectivity index (χ2n) is 12.3. The molecule has 0 radical (unpaired) electrons. The molecule has 0 fully saturated rings. The van der Waals surface area contributed by atoms with Gasteiger partial charge in [0.15, 0.2) is 0 Å². The first-order valence-corrected chi connectivity index (χ1v) is 15.7. The summed E-state index contributed by atoms with van der Waals surface area (Å²) in [5.74, 6) is -1.79. The molecule has 3 aromatic rings. The summed E-state index contributed by atoms with van der Waals surface area (Å²) in [4.78, 5) is 52.4. The van der Waals surface area contributed by atoms with Gasteiger partial charge in [-0.25, -0.2) is 4.79 Å². The van der Waals surface area contributed by atoms with E-state index in [2.05, 4.69) is 15.4 Å². The third-order valence-electron chi connectivity index (χ3n) is 7.70. The Bertz CT molecular complexity index is 1700. The number of nitrogens with one attached hydrogen (secondary N) is 2. The minimum Gasteiger partial charge on any atom is -0.465 e. The van der Waals surface area contributed by atoms with Crippen molar-refractivity contribution in [2.45, 2.75) is 58.7 Å². The Labute approximate surface area is 286 Å². The summed E-state index contributed by atoms with van der Waals surface area (Å²) in [7, 11) is 1.24. The quantitative estimate of drug-likeness (QED) is 0.224. The van der Waals surface area contributed by atoms with E-state index in [1.807, 2.05) is 0 Å². The van der Waals surface area contributed by atoms with Crippen LogP contribution in [0.25, 0.3) is 0 Å². The van der Waals surface area contributed by atoms with E-state index in [1.165, 1.54) is 37.1 Å². The summed E-state index contributed by atoms with van der Waals surface area (Å²) >= 11 is 6.46.